The van der Waals surface area contributed by atoms with Crippen molar-refractivity contribution >= 4 is 21.6 Å². The highest BCUT2D eigenvalue weighted by Gasteiger charge is 2.53. The molecule has 3 aromatic heterocycles. The first kappa shape index (κ1) is 15.1. The van der Waals surface area contributed by atoms with Gasteiger partial charge in [-0.25, -0.2) is 4.98 Å². The lowest BCUT2D eigenvalue weighted by molar-refractivity contribution is 0.333. The van der Waals surface area contributed by atoms with Crippen LogP contribution >= 0.6 is 11.3 Å². The summed E-state index contributed by atoms with van der Waals surface area (Å²) in [5, 5.41) is 7.36. The molecule has 3 aliphatic carbocycles. The summed E-state index contributed by atoms with van der Waals surface area (Å²) in [7, 11) is 0. The number of H-pyrrole nitrogens is 2. The van der Waals surface area contributed by atoms with E-state index in [1.807, 2.05) is 6.20 Å². The normalized spacial score (nSPS) is 29.7. The van der Waals surface area contributed by atoms with Crippen molar-refractivity contribution < 1.29 is 0 Å². The van der Waals surface area contributed by atoms with Crippen molar-refractivity contribution in [3.63, 3.8) is 0 Å². The second-order valence-corrected chi connectivity index (χ2v) is 9.47. The van der Waals surface area contributed by atoms with Gasteiger partial charge in [-0.1, -0.05) is 6.92 Å². The van der Waals surface area contributed by atoms with Crippen molar-refractivity contribution in [2.24, 2.45) is 11.8 Å². The minimum atomic E-state index is 0.0423. The van der Waals surface area contributed by atoms with Gasteiger partial charge < -0.3 is 4.98 Å². The molecule has 0 amide bonds. The molecule has 0 radical (unpaired) electrons. The molecule has 3 aliphatic rings. The molecule has 3 aromatic rings. The Bertz CT molecular complexity index is 1070. The second kappa shape index (κ2) is 5.06. The van der Waals surface area contributed by atoms with Crippen LogP contribution in [0.3, 0.4) is 0 Å². The summed E-state index contributed by atoms with van der Waals surface area (Å²) >= 11 is 1.59. The molecule has 6 heteroatoms. The predicted octanol–water partition coefficient (Wildman–Crippen LogP) is 3.94. The quantitative estimate of drug-likeness (QED) is 0.685. The summed E-state index contributed by atoms with van der Waals surface area (Å²) in [5.74, 6) is 2.29. The molecular formula is C20H22N4OS. The Morgan fingerprint density at radius 1 is 1.19 bits per heavy atom. The zero-order valence-electron chi connectivity index (χ0n) is 14.9. The Morgan fingerprint density at radius 3 is 2.73 bits per heavy atom. The van der Waals surface area contributed by atoms with E-state index < -0.39 is 0 Å². The monoisotopic (exact) mass is 366 g/mol. The lowest BCUT2D eigenvalue weighted by Gasteiger charge is -2.28. The molecule has 2 saturated carbocycles. The number of thiophene rings is 1. The second-order valence-electron chi connectivity index (χ2n) is 8.45. The smallest absolute Gasteiger partial charge is 0.268 e. The highest BCUT2D eigenvalue weighted by molar-refractivity contribution is 7.22. The van der Waals surface area contributed by atoms with Crippen LogP contribution in [0, 0.1) is 11.8 Å². The number of aromatic nitrogens is 4. The van der Waals surface area contributed by atoms with Gasteiger partial charge in [0.15, 0.2) is 0 Å². The van der Waals surface area contributed by atoms with E-state index in [0.29, 0.717) is 11.8 Å². The molecule has 0 spiro atoms. The summed E-state index contributed by atoms with van der Waals surface area (Å²) in [5.41, 5.74) is 4.65. The van der Waals surface area contributed by atoms with Crippen LogP contribution in [0.4, 0.5) is 0 Å². The van der Waals surface area contributed by atoms with E-state index in [2.05, 4.69) is 22.1 Å². The van der Waals surface area contributed by atoms with Crippen molar-refractivity contribution in [1.82, 2.24) is 20.2 Å². The summed E-state index contributed by atoms with van der Waals surface area (Å²) in [4.78, 5) is 22.5. The van der Waals surface area contributed by atoms with Gasteiger partial charge in [0.05, 0.1) is 11.7 Å². The topological polar surface area (TPSA) is 74.4 Å². The Hall–Kier alpha value is -1.95. The average molecular weight is 366 g/mol. The van der Waals surface area contributed by atoms with Crippen LogP contribution in [-0.4, -0.2) is 20.2 Å². The standard InChI is InChI=1S/C20H22N4OS/c1-20(10-5-6-11(20)8-7-10)19-22-15-12-3-2-4-14-13(9-21-24-14)16(12)26-17(15)18(25)23-19/h9-11H,2-8H2,1H3,(H,21,24)(H,22,23,25). The summed E-state index contributed by atoms with van der Waals surface area (Å²) in [6, 6.07) is 0. The molecule has 26 heavy (non-hydrogen) atoms. The first-order chi connectivity index (χ1) is 12.7. The van der Waals surface area contributed by atoms with E-state index >= 15 is 0 Å². The van der Waals surface area contributed by atoms with Gasteiger partial charge in [0.25, 0.3) is 5.56 Å². The van der Waals surface area contributed by atoms with E-state index in [9.17, 15) is 4.79 Å². The third-order valence-corrected chi connectivity index (χ3v) is 8.64. The maximum absolute atomic E-state index is 13.0. The molecule has 0 aromatic carbocycles. The van der Waals surface area contributed by atoms with Crippen LogP contribution in [0.25, 0.3) is 20.7 Å². The van der Waals surface area contributed by atoms with E-state index in [1.165, 1.54) is 41.8 Å². The lowest BCUT2D eigenvalue weighted by Crippen LogP contribution is -2.32. The predicted molar refractivity (Wildman–Crippen MR) is 103 cm³/mol. The van der Waals surface area contributed by atoms with Gasteiger partial charge in [-0.3, -0.25) is 9.89 Å². The van der Waals surface area contributed by atoms with Crippen LogP contribution in [0.2, 0.25) is 0 Å². The molecule has 0 atom stereocenters. The molecule has 0 saturated heterocycles. The molecule has 6 rings (SSSR count). The Labute approximate surface area is 155 Å². The van der Waals surface area contributed by atoms with Gasteiger partial charge in [-0.05, 0) is 62.3 Å². The minimum absolute atomic E-state index is 0.0423. The summed E-state index contributed by atoms with van der Waals surface area (Å²) in [6.07, 6.45) is 10.1. The zero-order valence-corrected chi connectivity index (χ0v) is 15.7. The maximum Gasteiger partial charge on any atom is 0.268 e. The number of nitrogens with one attached hydrogen (secondary N) is 2. The first-order valence-electron chi connectivity index (χ1n) is 9.75. The molecule has 134 valence electrons. The van der Waals surface area contributed by atoms with Crippen molar-refractivity contribution in [2.75, 3.05) is 0 Å². The maximum atomic E-state index is 13.0. The summed E-state index contributed by atoms with van der Waals surface area (Å²) in [6.45, 7) is 2.34. The number of rotatable bonds is 1. The van der Waals surface area contributed by atoms with Crippen molar-refractivity contribution in [2.45, 2.75) is 57.3 Å². The van der Waals surface area contributed by atoms with E-state index in [0.717, 1.165) is 40.9 Å². The van der Waals surface area contributed by atoms with E-state index in [1.54, 1.807) is 11.3 Å². The number of aryl methyl sites for hydroxylation is 2. The van der Waals surface area contributed by atoms with E-state index in [4.69, 9.17) is 4.98 Å². The van der Waals surface area contributed by atoms with Crippen LogP contribution in [0.5, 0.6) is 0 Å². The van der Waals surface area contributed by atoms with Gasteiger partial charge in [0.2, 0.25) is 0 Å². The van der Waals surface area contributed by atoms with E-state index in [-0.39, 0.29) is 11.0 Å². The van der Waals surface area contributed by atoms with Gasteiger partial charge in [-0.2, -0.15) is 5.10 Å². The largest absolute Gasteiger partial charge is 0.309 e. The van der Waals surface area contributed by atoms with Crippen LogP contribution in [-0.2, 0) is 18.3 Å². The fourth-order valence-electron chi connectivity index (χ4n) is 5.89. The first-order valence-corrected chi connectivity index (χ1v) is 10.6. The van der Waals surface area contributed by atoms with Crippen LogP contribution in [0.1, 0.15) is 56.1 Å². The Balaban J connectivity index is 1.61. The average Bonchev–Trinajstić information content (AvgIpc) is 3.38. The van der Waals surface area contributed by atoms with Crippen molar-refractivity contribution in [3.8, 4) is 10.4 Å². The highest BCUT2D eigenvalue weighted by Crippen LogP contribution is 2.58. The number of hydrogen-bond acceptors (Lipinski definition) is 4. The molecule has 2 bridgehead atoms. The fourth-order valence-corrected chi connectivity index (χ4v) is 7.11. The van der Waals surface area contributed by atoms with Gasteiger partial charge in [0.1, 0.15) is 10.5 Å². The highest BCUT2D eigenvalue weighted by atomic mass is 32.1. The minimum Gasteiger partial charge on any atom is -0.309 e. The van der Waals surface area contributed by atoms with Gasteiger partial charge >= 0.3 is 0 Å². The number of aromatic amines is 2. The molecule has 0 unspecified atom stereocenters. The van der Waals surface area contributed by atoms with Crippen LogP contribution < -0.4 is 5.56 Å². The van der Waals surface area contributed by atoms with Crippen molar-refractivity contribution in [3.05, 3.63) is 33.6 Å². The molecule has 5 nitrogen and oxygen atoms in total. The summed E-state index contributed by atoms with van der Waals surface area (Å²) < 4.78 is 0.779. The number of nitrogens with zero attached hydrogens (tertiary/aromatic N) is 2. The SMILES string of the molecule is CC1(c2nc3c4c(sc3c(=O)[nH]2)-c2cn[nH]c2CCC4)C2CCC1CC2. The Morgan fingerprint density at radius 2 is 1.96 bits per heavy atom. The molecule has 0 aliphatic heterocycles. The lowest BCUT2D eigenvalue weighted by atomic mass is 9.78. The molecule has 3 heterocycles. The number of fused-ring (bicyclic) bond motifs is 7. The van der Waals surface area contributed by atoms with Gasteiger partial charge in [0, 0.05) is 21.5 Å². The van der Waals surface area contributed by atoms with Crippen LogP contribution in [0.15, 0.2) is 11.0 Å². The van der Waals surface area contributed by atoms with Gasteiger partial charge in [-0.15, -0.1) is 11.3 Å². The zero-order chi connectivity index (χ0) is 17.5. The molecule has 2 fully saturated rings. The molecule has 2 N–H and O–H groups in total. The molecular weight excluding hydrogens is 344 g/mol. The Kier molecular flexibility index (Phi) is 2.95. The van der Waals surface area contributed by atoms with Crippen molar-refractivity contribution in [1.29, 1.82) is 0 Å². The number of hydrogen-bond donors (Lipinski definition) is 2. The fraction of sp³-hybridized carbons (Fsp3) is 0.550. The third-order valence-electron chi connectivity index (χ3n) is 7.39. The third kappa shape index (κ3) is 1.78.